The number of nitrogens with one attached hydrogen (secondary N) is 1. The molecule has 1 N–H and O–H groups in total. The quantitative estimate of drug-likeness (QED) is 0.646. The lowest BCUT2D eigenvalue weighted by molar-refractivity contribution is 0.240. The number of H-pyrrole nitrogens is 1. The van der Waals surface area contributed by atoms with Gasteiger partial charge in [-0.2, -0.15) is 0 Å². The Morgan fingerprint density at radius 3 is 2.83 bits per heavy atom. The third kappa shape index (κ3) is 3.60. The maximum atomic E-state index is 12.2. The molecule has 2 aromatic rings. The van der Waals surface area contributed by atoms with Crippen molar-refractivity contribution in [2.75, 3.05) is 12.8 Å². The van der Waals surface area contributed by atoms with Crippen LogP contribution < -0.4 is 5.56 Å². The van der Waals surface area contributed by atoms with Crippen molar-refractivity contribution < 1.29 is 8.42 Å². The van der Waals surface area contributed by atoms with Gasteiger partial charge in [0.15, 0.2) is 0 Å². The fourth-order valence-electron chi connectivity index (χ4n) is 2.53. The summed E-state index contributed by atoms with van der Waals surface area (Å²) in [6.45, 7) is 1.75. The molecule has 1 aliphatic heterocycles. The topological polar surface area (TPSA) is 96.0 Å². The number of fused-ring (bicyclic) bond motifs is 1. The summed E-state index contributed by atoms with van der Waals surface area (Å²) in [5, 5.41) is 0.170. The van der Waals surface area contributed by atoms with Crippen molar-refractivity contribution in [1.82, 2.24) is 19.9 Å². The normalized spacial score (nSPS) is 15.4. The Kier molecular flexibility index (Phi) is 4.22. The molecule has 2 aromatic heterocycles. The first-order chi connectivity index (χ1) is 10.8. The van der Waals surface area contributed by atoms with Crippen LogP contribution in [0.4, 0.5) is 0 Å². The van der Waals surface area contributed by atoms with Gasteiger partial charge in [0.2, 0.25) is 15.0 Å². The number of rotatable bonds is 3. The van der Waals surface area contributed by atoms with Gasteiger partial charge in [0.05, 0.1) is 11.3 Å². The van der Waals surface area contributed by atoms with Crippen LogP contribution in [-0.2, 0) is 29.3 Å². The van der Waals surface area contributed by atoms with E-state index in [1.165, 1.54) is 0 Å². The molecule has 0 saturated heterocycles. The molecule has 0 aliphatic carbocycles. The van der Waals surface area contributed by atoms with Gasteiger partial charge in [0, 0.05) is 38.5 Å². The molecular formula is C14H15ClN4O3S. The zero-order valence-electron chi connectivity index (χ0n) is 12.4. The number of pyridine rings is 1. The van der Waals surface area contributed by atoms with E-state index in [9.17, 15) is 13.2 Å². The standard InChI is InChI=1S/C14H15ClN4O3S/c1-23(21,22)14-17-11-4-5-19(8-10(11)13(20)18-14)7-9-2-3-12(15)16-6-9/h2-3,6H,4-5,7-8H2,1H3,(H,17,18,20). The first-order valence-corrected chi connectivity index (χ1v) is 9.25. The summed E-state index contributed by atoms with van der Waals surface area (Å²) in [5.74, 6) is 0. The first kappa shape index (κ1) is 16.1. The second kappa shape index (κ2) is 6.03. The molecule has 7 nitrogen and oxygen atoms in total. The summed E-state index contributed by atoms with van der Waals surface area (Å²) >= 11 is 5.77. The molecule has 122 valence electrons. The number of hydrogen-bond acceptors (Lipinski definition) is 6. The average molecular weight is 355 g/mol. The van der Waals surface area contributed by atoms with Gasteiger partial charge in [-0.05, 0) is 11.6 Å². The monoisotopic (exact) mass is 354 g/mol. The second-order valence-electron chi connectivity index (χ2n) is 5.52. The number of nitrogens with zero attached hydrogens (tertiary/aromatic N) is 3. The summed E-state index contributed by atoms with van der Waals surface area (Å²) in [5.41, 5.74) is 1.68. The summed E-state index contributed by atoms with van der Waals surface area (Å²) in [4.78, 5) is 24.7. The number of hydrogen-bond donors (Lipinski definition) is 1. The zero-order chi connectivity index (χ0) is 16.6. The Morgan fingerprint density at radius 2 is 2.17 bits per heavy atom. The van der Waals surface area contributed by atoms with Crippen molar-refractivity contribution in [1.29, 1.82) is 0 Å². The molecule has 0 atom stereocenters. The molecule has 23 heavy (non-hydrogen) atoms. The van der Waals surface area contributed by atoms with Crippen LogP contribution in [-0.4, -0.2) is 41.1 Å². The first-order valence-electron chi connectivity index (χ1n) is 6.98. The molecule has 0 fully saturated rings. The maximum absolute atomic E-state index is 12.2. The highest BCUT2D eigenvalue weighted by Crippen LogP contribution is 2.17. The summed E-state index contributed by atoms with van der Waals surface area (Å²) in [6.07, 6.45) is 3.26. The van der Waals surface area contributed by atoms with Crippen LogP contribution in [0.3, 0.4) is 0 Å². The number of sulfone groups is 1. The number of halogens is 1. The van der Waals surface area contributed by atoms with Crippen molar-refractivity contribution in [2.24, 2.45) is 0 Å². The van der Waals surface area contributed by atoms with Gasteiger partial charge in [0.1, 0.15) is 5.15 Å². The van der Waals surface area contributed by atoms with Gasteiger partial charge in [0.25, 0.3) is 5.56 Å². The van der Waals surface area contributed by atoms with E-state index in [1.54, 1.807) is 12.3 Å². The van der Waals surface area contributed by atoms with Gasteiger partial charge in [-0.1, -0.05) is 17.7 Å². The molecule has 3 rings (SSSR count). The van der Waals surface area contributed by atoms with Crippen molar-refractivity contribution >= 4 is 21.4 Å². The molecule has 0 amide bonds. The SMILES string of the molecule is CS(=O)(=O)c1nc2c(c(=O)[nH]1)CN(Cc1ccc(Cl)nc1)CC2. The van der Waals surface area contributed by atoms with Gasteiger partial charge in [-0.25, -0.2) is 18.4 Å². The van der Waals surface area contributed by atoms with E-state index in [0.29, 0.717) is 42.5 Å². The highest BCUT2D eigenvalue weighted by Gasteiger charge is 2.23. The highest BCUT2D eigenvalue weighted by molar-refractivity contribution is 7.90. The molecule has 1 aliphatic rings. The van der Waals surface area contributed by atoms with Crippen LogP contribution in [0, 0.1) is 0 Å². The molecule has 0 saturated carbocycles. The Hall–Kier alpha value is -1.77. The van der Waals surface area contributed by atoms with E-state index in [4.69, 9.17) is 11.6 Å². The molecule has 3 heterocycles. The molecule has 0 spiro atoms. The zero-order valence-corrected chi connectivity index (χ0v) is 14.0. The third-order valence-electron chi connectivity index (χ3n) is 3.67. The van der Waals surface area contributed by atoms with E-state index >= 15 is 0 Å². The Labute approximate surface area is 138 Å². The van der Waals surface area contributed by atoms with Crippen LogP contribution >= 0.6 is 11.6 Å². The van der Waals surface area contributed by atoms with E-state index in [2.05, 4.69) is 19.9 Å². The highest BCUT2D eigenvalue weighted by atomic mass is 35.5. The summed E-state index contributed by atoms with van der Waals surface area (Å²) in [7, 11) is -3.53. The maximum Gasteiger partial charge on any atom is 0.256 e. The summed E-state index contributed by atoms with van der Waals surface area (Å²) in [6, 6.07) is 3.61. The fraction of sp³-hybridized carbons (Fsp3) is 0.357. The largest absolute Gasteiger partial charge is 0.297 e. The Morgan fingerprint density at radius 1 is 1.39 bits per heavy atom. The Balaban J connectivity index is 1.84. The van der Waals surface area contributed by atoms with Gasteiger partial charge in [-0.3, -0.25) is 14.7 Å². The lowest BCUT2D eigenvalue weighted by atomic mass is 10.1. The Bertz CT molecular complexity index is 893. The van der Waals surface area contributed by atoms with Crippen molar-refractivity contribution in [3.8, 4) is 0 Å². The lowest BCUT2D eigenvalue weighted by Crippen LogP contribution is -2.36. The molecule has 0 bridgehead atoms. The smallest absolute Gasteiger partial charge is 0.256 e. The molecule has 0 unspecified atom stereocenters. The van der Waals surface area contributed by atoms with Crippen molar-refractivity contribution in [3.05, 3.63) is 50.7 Å². The molecule has 9 heteroatoms. The van der Waals surface area contributed by atoms with Crippen molar-refractivity contribution in [2.45, 2.75) is 24.7 Å². The van der Waals surface area contributed by atoms with Gasteiger partial charge >= 0.3 is 0 Å². The van der Waals surface area contributed by atoms with E-state index in [1.807, 2.05) is 6.07 Å². The minimum absolute atomic E-state index is 0.267. The van der Waals surface area contributed by atoms with Crippen LogP contribution in [0.5, 0.6) is 0 Å². The van der Waals surface area contributed by atoms with Crippen LogP contribution in [0.25, 0.3) is 0 Å². The molecular weight excluding hydrogens is 340 g/mol. The average Bonchev–Trinajstić information content (AvgIpc) is 2.49. The molecule has 0 aromatic carbocycles. The van der Waals surface area contributed by atoms with E-state index in [-0.39, 0.29) is 5.16 Å². The van der Waals surface area contributed by atoms with E-state index in [0.717, 1.165) is 11.8 Å². The predicted molar refractivity (Wildman–Crippen MR) is 85.0 cm³/mol. The molecule has 0 radical (unpaired) electrons. The van der Waals surface area contributed by atoms with Crippen LogP contribution in [0.15, 0.2) is 28.3 Å². The fourth-order valence-corrected chi connectivity index (χ4v) is 3.19. The summed E-state index contributed by atoms with van der Waals surface area (Å²) < 4.78 is 23.1. The van der Waals surface area contributed by atoms with E-state index < -0.39 is 15.4 Å². The lowest BCUT2D eigenvalue weighted by Gasteiger charge is -2.27. The third-order valence-corrected chi connectivity index (χ3v) is 4.79. The van der Waals surface area contributed by atoms with Gasteiger partial charge < -0.3 is 0 Å². The van der Waals surface area contributed by atoms with Crippen molar-refractivity contribution in [3.63, 3.8) is 0 Å². The number of aromatic amines is 1. The van der Waals surface area contributed by atoms with Crippen LogP contribution in [0.2, 0.25) is 5.15 Å². The predicted octanol–water partition coefficient (Wildman–Crippen LogP) is 0.780. The minimum Gasteiger partial charge on any atom is -0.297 e. The van der Waals surface area contributed by atoms with Gasteiger partial charge in [-0.15, -0.1) is 0 Å². The number of aromatic nitrogens is 3. The van der Waals surface area contributed by atoms with Crippen LogP contribution in [0.1, 0.15) is 16.8 Å². The minimum atomic E-state index is -3.53. The second-order valence-corrected chi connectivity index (χ2v) is 7.84.